The molecule has 2 aromatic rings. The van der Waals surface area contributed by atoms with Crippen molar-refractivity contribution in [2.75, 3.05) is 5.73 Å². The smallest absolute Gasteiger partial charge is 0.131 e. The van der Waals surface area contributed by atoms with E-state index >= 15 is 0 Å². The fraction of sp³-hybridized carbons (Fsp3) is 0.400. The molecule has 1 heterocycles. The lowest BCUT2D eigenvalue weighted by Crippen LogP contribution is -2.06. The first-order chi connectivity index (χ1) is 9.61. The van der Waals surface area contributed by atoms with Crippen molar-refractivity contribution in [3.8, 4) is 11.3 Å². The SMILES string of the molecule is CCCn1c(C2CC2)nc(-c2ccc(Br)c(Cl)c2)c1N. The molecule has 0 saturated heterocycles. The van der Waals surface area contributed by atoms with Gasteiger partial charge in [-0.3, -0.25) is 0 Å². The second-order valence-electron chi connectivity index (χ2n) is 5.26. The Kier molecular flexibility index (Phi) is 3.78. The molecule has 2 N–H and O–H groups in total. The number of nitrogens with zero attached hydrogens (tertiary/aromatic N) is 2. The van der Waals surface area contributed by atoms with Crippen LogP contribution < -0.4 is 5.73 Å². The first kappa shape index (κ1) is 14.0. The summed E-state index contributed by atoms with van der Waals surface area (Å²) in [7, 11) is 0. The van der Waals surface area contributed by atoms with Crippen molar-refractivity contribution in [1.29, 1.82) is 0 Å². The average molecular weight is 355 g/mol. The second-order valence-corrected chi connectivity index (χ2v) is 6.52. The molecule has 0 amide bonds. The van der Waals surface area contributed by atoms with Crippen LogP contribution in [0.2, 0.25) is 5.02 Å². The van der Waals surface area contributed by atoms with Gasteiger partial charge in [0.25, 0.3) is 0 Å². The molecule has 1 aromatic carbocycles. The lowest BCUT2D eigenvalue weighted by molar-refractivity contribution is 0.646. The summed E-state index contributed by atoms with van der Waals surface area (Å²) in [4.78, 5) is 4.80. The molecule has 1 fully saturated rings. The number of imidazole rings is 1. The number of hydrogen-bond acceptors (Lipinski definition) is 2. The molecule has 0 spiro atoms. The molecule has 1 aromatic heterocycles. The average Bonchev–Trinajstić information content (AvgIpc) is 3.21. The van der Waals surface area contributed by atoms with E-state index in [1.807, 2.05) is 18.2 Å². The quantitative estimate of drug-likeness (QED) is 0.854. The summed E-state index contributed by atoms with van der Waals surface area (Å²) in [6, 6.07) is 5.85. The molecule has 106 valence electrons. The molecule has 0 atom stereocenters. The van der Waals surface area contributed by atoms with Gasteiger partial charge in [0, 0.05) is 22.5 Å². The second kappa shape index (κ2) is 5.41. The zero-order chi connectivity index (χ0) is 14.3. The summed E-state index contributed by atoms with van der Waals surface area (Å²) >= 11 is 9.59. The molecule has 0 radical (unpaired) electrons. The highest BCUT2D eigenvalue weighted by molar-refractivity contribution is 9.10. The van der Waals surface area contributed by atoms with Crippen molar-refractivity contribution in [3.05, 3.63) is 33.5 Å². The molecular formula is C15H17BrClN3. The third kappa shape index (κ3) is 2.47. The van der Waals surface area contributed by atoms with Crippen molar-refractivity contribution in [2.24, 2.45) is 0 Å². The molecule has 20 heavy (non-hydrogen) atoms. The molecular weight excluding hydrogens is 338 g/mol. The monoisotopic (exact) mass is 353 g/mol. The van der Waals surface area contributed by atoms with Crippen molar-refractivity contribution in [1.82, 2.24) is 9.55 Å². The Bertz CT molecular complexity index is 647. The van der Waals surface area contributed by atoms with Crippen LogP contribution in [0.3, 0.4) is 0 Å². The third-order valence-corrected chi connectivity index (χ3v) is 4.85. The molecule has 1 aliphatic rings. The zero-order valence-corrected chi connectivity index (χ0v) is 13.7. The molecule has 3 rings (SSSR count). The van der Waals surface area contributed by atoms with Crippen molar-refractivity contribution in [3.63, 3.8) is 0 Å². The Labute approximate surface area is 132 Å². The number of rotatable bonds is 4. The first-order valence-corrected chi connectivity index (χ1v) is 8.10. The Morgan fingerprint density at radius 2 is 2.20 bits per heavy atom. The number of nitrogen functional groups attached to an aromatic ring is 1. The molecule has 1 aliphatic carbocycles. The lowest BCUT2D eigenvalue weighted by Gasteiger charge is -2.07. The van der Waals surface area contributed by atoms with Gasteiger partial charge in [0.15, 0.2) is 0 Å². The van der Waals surface area contributed by atoms with Crippen molar-refractivity contribution in [2.45, 2.75) is 38.6 Å². The van der Waals surface area contributed by atoms with Crippen LogP contribution in [-0.2, 0) is 6.54 Å². The van der Waals surface area contributed by atoms with Crippen LogP contribution in [0.1, 0.15) is 37.9 Å². The normalized spacial score (nSPS) is 14.8. The van der Waals surface area contributed by atoms with Gasteiger partial charge in [-0.15, -0.1) is 0 Å². The largest absolute Gasteiger partial charge is 0.383 e. The van der Waals surface area contributed by atoms with E-state index in [1.54, 1.807) is 0 Å². The van der Waals surface area contributed by atoms with Gasteiger partial charge in [-0.05, 0) is 47.3 Å². The van der Waals surface area contributed by atoms with E-state index in [0.29, 0.717) is 10.9 Å². The molecule has 5 heteroatoms. The number of aromatic nitrogens is 2. The molecule has 3 nitrogen and oxygen atoms in total. The van der Waals surface area contributed by atoms with Gasteiger partial charge in [0.2, 0.25) is 0 Å². The van der Waals surface area contributed by atoms with Gasteiger partial charge in [-0.1, -0.05) is 24.6 Å². The van der Waals surface area contributed by atoms with Gasteiger partial charge in [0.05, 0.1) is 5.02 Å². The Balaban J connectivity index is 2.08. The fourth-order valence-electron chi connectivity index (χ4n) is 2.45. The third-order valence-electron chi connectivity index (χ3n) is 3.62. The van der Waals surface area contributed by atoms with E-state index < -0.39 is 0 Å². The topological polar surface area (TPSA) is 43.8 Å². The van der Waals surface area contributed by atoms with E-state index in [9.17, 15) is 0 Å². The maximum Gasteiger partial charge on any atom is 0.131 e. The summed E-state index contributed by atoms with van der Waals surface area (Å²) in [6.07, 6.45) is 3.50. The minimum atomic E-state index is 0.587. The van der Waals surface area contributed by atoms with E-state index in [4.69, 9.17) is 22.3 Å². The van der Waals surface area contributed by atoms with Crippen LogP contribution in [0.15, 0.2) is 22.7 Å². The van der Waals surface area contributed by atoms with Crippen LogP contribution >= 0.6 is 27.5 Å². The van der Waals surface area contributed by atoms with E-state index in [0.717, 1.165) is 40.3 Å². The highest BCUT2D eigenvalue weighted by Crippen LogP contribution is 2.42. The highest BCUT2D eigenvalue weighted by Gasteiger charge is 2.30. The molecule has 0 unspecified atom stereocenters. The predicted octanol–water partition coefficient (Wildman–Crippen LogP) is 4.84. The van der Waals surface area contributed by atoms with Gasteiger partial charge < -0.3 is 10.3 Å². The van der Waals surface area contributed by atoms with Gasteiger partial charge in [-0.25, -0.2) is 4.98 Å². The summed E-state index contributed by atoms with van der Waals surface area (Å²) in [5.41, 5.74) is 8.16. The number of benzene rings is 1. The van der Waals surface area contributed by atoms with E-state index in [2.05, 4.69) is 27.4 Å². The number of hydrogen-bond donors (Lipinski definition) is 1. The summed E-state index contributed by atoms with van der Waals surface area (Å²) in [5, 5.41) is 0.680. The standard InChI is InChI=1S/C15H17BrClN3/c1-2-7-20-14(18)13(19-15(20)9-3-4-9)10-5-6-11(16)12(17)8-10/h5-6,8-9H,2-4,7,18H2,1H3. The van der Waals surface area contributed by atoms with Crippen LogP contribution in [0.25, 0.3) is 11.3 Å². The Morgan fingerprint density at radius 1 is 1.45 bits per heavy atom. The highest BCUT2D eigenvalue weighted by atomic mass is 79.9. The van der Waals surface area contributed by atoms with Crippen LogP contribution in [0.4, 0.5) is 5.82 Å². The number of halogens is 2. The minimum absolute atomic E-state index is 0.587. The fourth-order valence-corrected chi connectivity index (χ4v) is 2.88. The van der Waals surface area contributed by atoms with Crippen LogP contribution in [0, 0.1) is 0 Å². The molecule has 0 aliphatic heterocycles. The Hall–Kier alpha value is -1.00. The van der Waals surface area contributed by atoms with Gasteiger partial charge >= 0.3 is 0 Å². The number of nitrogens with two attached hydrogens (primary N) is 1. The van der Waals surface area contributed by atoms with E-state index in [-0.39, 0.29) is 0 Å². The van der Waals surface area contributed by atoms with Gasteiger partial charge in [0.1, 0.15) is 17.3 Å². The minimum Gasteiger partial charge on any atom is -0.383 e. The zero-order valence-electron chi connectivity index (χ0n) is 11.4. The summed E-state index contributed by atoms with van der Waals surface area (Å²) < 4.78 is 3.06. The summed E-state index contributed by atoms with van der Waals surface area (Å²) in [5.74, 6) is 2.48. The van der Waals surface area contributed by atoms with Crippen LogP contribution in [0.5, 0.6) is 0 Å². The van der Waals surface area contributed by atoms with Crippen molar-refractivity contribution >= 4 is 33.3 Å². The summed E-state index contributed by atoms with van der Waals surface area (Å²) in [6.45, 7) is 3.08. The Morgan fingerprint density at radius 3 is 2.80 bits per heavy atom. The first-order valence-electron chi connectivity index (χ1n) is 6.93. The molecule has 1 saturated carbocycles. The van der Waals surface area contributed by atoms with Gasteiger partial charge in [-0.2, -0.15) is 0 Å². The number of anilines is 1. The van der Waals surface area contributed by atoms with E-state index in [1.165, 1.54) is 12.8 Å². The molecule has 0 bridgehead atoms. The van der Waals surface area contributed by atoms with Crippen molar-refractivity contribution < 1.29 is 0 Å². The van der Waals surface area contributed by atoms with Crippen LogP contribution in [-0.4, -0.2) is 9.55 Å². The lowest BCUT2D eigenvalue weighted by atomic mass is 10.1. The predicted molar refractivity (Wildman–Crippen MR) is 87.1 cm³/mol. The maximum atomic E-state index is 6.32. The maximum absolute atomic E-state index is 6.32.